The summed E-state index contributed by atoms with van der Waals surface area (Å²) < 4.78 is 4.95. The monoisotopic (exact) mass is 153 g/mol. The molecule has 0 amide bonds. The first kappa shape index (κ1) is 7.61. The fourth-order valence-electron chi connectivity index (χ4n) is 0.939. The van der Waals surface area contributed by atoms with Crippen LogP contribution in [0.2, 0.25) is 0 Å². The molecule has 0 fully saturated rings. The van der Waals surface area contributed by atoms with E-state index in [0.717, 1.165) is 19.0 Å². The van der Waals surface area contributed by atoms with Gasteiger partial charge in [-0.1, -0.05) is 12.2 Å². The number of aliphatic hydroxyl groups excluding tert-OH is 1. The summed E-state index contributed by atoms with van der Waals surface area (Å²) in [6.45, 7) is 0. The summed E-state index contributed by atoms with van der Waals surface area (Å²) >= 11 is 0. The van der Waals surface area contributed by atoms with Crippen molar-refractivity contribution in [2.24, 2.45) is 0 Å². The van der Waals surface area contributed by atoms with Crippen LogP contribution in [0.1, 0.15) is 12.8 Å². The predicted molar refractivity (Wildman–Crippen MR) is 39.0 cm³/mol. The van der Waals surface area contributed by atoms with Crippen LogP contribution >= 0.6 is 0 Å². The quantitative estimate of drug-likeness (QED) is 0.374. The number of diazo groups is 1. The number of hydrogen-bond donors (Lipinski definition) is 1. The highest BCUT2D eigenvalue weighted by Gasteiger charge is 2.14. The van der Waals surface area contributed by atoms with Crippen molar-refractivity contribution in [1.82, 2.24) is 0 Å². The molecule has 1 rings (SSSR count). The Morgan fingerprint density at radius 1 is 1.64 bits per heavy atom. The van der Waals surface area contributed by atoms with Crippen molar-refractivity contribution >= 4 is 0 Å². The largest absolute Gasteiger partial charge is 0.476 e. The third kappa shape index (κ3) is 2.30. The lowest BCUT2D eigenvalue weighted by Crippen LogP contribution is -2.06. The molecule has 0 spiro atoms. The van der Waals surface area contributed by atoms with E-state index in [1.165, 1.54) is 0 Å². The molecule has 4 nitrogen and oxygen atoms in total. The first-order valence-electron chi connectivity index (χ1n) is 3.38. The molecule has 0 aliphatic heterocycles. The Labute approximate surface area is 64.4 Å². The molecule has 1 aliphatic carbocycles. The molecule has 0 bridgehead atoms. The highest BCUT2D eigenvalue weighted by molar-refractivity contribution is 4.97. The standard InChI is InChI=1S/C7H8N2O2/c8-9-5-7(10)11-6-3-1-2-4-6/h1-2,5-6H,3-4H2/p+1/b7-5-. The molecule has 0 atom stereocenters. The Bertz CT molecular complexity index is 219. The Hall–Kier alpha value is -1.50. The fraction of sp³-hybridized carbons (Fsp3) is 0.429. The minimum atomic E-state index is -0.346. The summed E-state index contributed by atoms with van der Waals surface area (Å²) in [6, 6.07) is 0. The summed E-state index contributed by atoms with van der Waals surface area (Å²) in [4.78, 5) is 2.62. The molecular formula is C7H9N2O2+. The van der Waals surface area contributed by atoms with Crippen LogP contribution in [0.3, 0.4) is 0 Å². The second-order valence-electron chi connectivity index (χ2n) is 2.27. The van der Waals surface area contributed by atoms with E-state index in [2.05, 4.69) is 4.98 Å². The van der Waals surface area contributed by atoms with Gasteiger partial charge < -0.3 is 9.84 Å². The van der Waals surface area contributed by atoms with Crippen LogP contribution < -0.4 is 0 Å². The Morgan fingerprint density at radius 3 is 2.82 bits per heavy atom. The lowest BCUT2D eigenvalue weighted by Gasteiger charge is -2.08. The number of rotatable bonds is 2. The van der Waals surface area contributed by atoms with E-state index < -0.39 is 0 Å². The Kier molecular flexibility index (Phi) is 2.50. The topological polar surface area (TPSA) is 57.6 Å². The summed E-state index contributed by atoms with van der Waals surface area (Å²) in [5.41, 5.74) is 0. The van der Waals surface area contributed by atoms with Gasteiger partial charge in [0, 0.05) is 12.8 Å². The zero-order valence-electron chi connectivity index (χ0n) is 5.97. The van der Waals surface area contributed by atoms with E-state index in [4.69, 9.17) is 15.2 Å². The predicted octanol–water partition coefficient (Wildman–Crippen LogP) is 1.93. The van der Waals surface area contributed by atoms with Gasteiger partial charge in [0.25, 0.3) is 0 Å². The summed E-state index contributed by atoms with van der Waals surface area (Å²) in [5, 5.41) is 16.9. The number of nitrogens with zero attached hydrogens (tertiary/aromatic N) is 2. The van der Waals surface area contributed by atoms with Gasteiger partial charge in [0.05, 0.1) is 0 Å². The third-order valence-corrected chi connectivity index (χ3v) is 1.42. The molecule has 0 aromatic carbocycles. The molecule has 58 valence electrons. The van der Waals surface area contributed by atoms with E-state index in [1.54, 1.807) is 0 Å². The summed E-state index contributed by atoms with van der Waals surface area (Å²) in [5.74, 6) is -0.346. The zero-order valence-corrected chi connectivity index (χ0v) is 5.97. The van der Waals surface area contributed by atoms with E-state index in [1.807, 2.05) is 12.2 Å². The van der Waals surface area contributed by atoms with Crippen molar-refractivity contribution < 1.29 is 9.84 Å². The molecule has 1 aliphatic rings. The lowest BCUT2D eigenvalue weighted by molar-refractivity contribution is 0.0394. The van der Waals surface area contributed by atoms with Crippen LogP contribution in [0.5, 0.6) is 0 Å². The fourth-order valence-corrected chi connectivity index (χ4v) is 0.939. The van der Waals surface area contributed by atoms with E-state index >= 15 is 0 Å². The minimum Gasteiger partial charge on any atom is -0.476 e. The maximum atomic E-state index is 8.87. The molecule has 0 heterocycles. The molecule has 4 heteroatoms. The average Bonchev–Trinajstić information content (AvgIpc) is 2.40. The second kappa shape index (κ2) is 3.62. The van der Waals surface area contributed by atoms with Crippen LogP contribution in [0, 0.1) is 5.39 Å². The van der Waals surface area contributed by atoms with Crippen LogP contribution in [0.15, 0.2) is 24.3 Å². The van der Waals surface area contributed by atoms with Crippen molar-refractivity contribution in [3.63, 3.8) is 0 Å². The maximum absolute atomic E-state index is 8.87. The highest BCUT2D eigenvalue weighted by atomic mass is 16.6. The van der Waals surface area contributed by atoms with Crippen LogP contribution in [-0.2, 0) is 4.74 Å². The molecule has 0 aromatic rings. The minimum absolute atomic E-state index is 0.00648. The van der Waals surface area contributed by atoms with Crippen molar-refractivity contribution in [3.05, 3.63) is 29.3 Å². The van der Waals surface area contributed by atoms with Crippen LogP contribution in [-0.4, -0.2) is 11.2 Å². The molecule has 1 N–H and O–H groups in total. The van der Waals surface area contributed by atoms with Gasteiger partial charge in [0.1, 0.15) is 6.10 Å². The van der Waals surface area contributed by atoms with E-state index in [-0.39, 0.29) is 12.0 Å². The van der Waals surface area contributed by atoms with Gasteiger partial charge in [-0.05, 0) is 0 Å². The normalized spacial score (nSPS) is 18.3. The number of hydrogen-bond acceptors (Lipinski definition) is 3. The molecular weight excluding hydrogens is 144 g/mol. The van der Waals surface area contributed by atoms with E-state index in [9.17, 15) is 0 Å². The average molecular weight is 153 g/mol. The van der Waals surface area contributed by atoms with Crippen LogP contribution in [0.4, 0.5) is 0 Å². The highest BCUT2D eigenvalue weighted by Crippen LogP contribution is 2.15. The van der Waals surface area contributed by atoms with E-state index in [0.29, 0.717) is 0 Å². The van der Waals surface area contributed by atoms with Crippen LogP contribution in [0.25, 0.3) is 4.98 Å². The summed E-state index contributed by atoms with van der Waals surface area (Å²) in [6.07, 6.45) is 6.40. The van der Waals surface area contributed by atoms with Gasteiger partial charge in [-0.3, -0.25) is 0 Å². The van der Waals surface area contributed by atoms with Gasteiger partial charge in [-0.2, -0.15) is 0 Å². The molecule has 0 unspecified atom stereocenters. The van der Waals surface area contributed by atoms with Crippen molar-refractivity contribution in [2.45, 2.75) is 18.9 Å². The molecule has 0 saturated carbocycles. The van der Waals surface area contributed by atoms with Gasteiger partial charge in [-0.25, -0.2) is 0 Å². The SMILES string of the molecule is N#[N+]/C=C(/O)OC1CC=CC1. The molecule has 0 aromatic heterocycles. The molecule has 0 radical (unpaired) electrons. The first-order valence-corrected chi connectivity index (χ1v) is 3.38. The lowest BCUT2D eigenvalue weighted by atomic mass is 10.3. The van der Waals surface area contributed by atoms with Gasteiger partial charge >= 0.3 is 12.1 Å². The second-order valence-corrected chi connectivity index (χ2v) is 2.27. The number of ether oxygens (including phenoxy) is 1. The number of aliphatic hydroxyl groups is 1. The smallest absolute Gasteiger partial charge is 0.429 e. The summed E-state index contributed by atoms with van der Waals surface area (Å²) in [7, 11) is 0. The first-order chi connectivity index (χ1) is 5.33. The van der Waals surface area contributed by atoms with Crippen molar-refractivity contribution in [1.29, 1.82) is 5.39 Å². The zero-order chi connectivity index (χ0) is 8.10. The molecule has 0 saturated heterocycles. The molecule has 11 heavy (non-hydrogen) atoms. The van der Waals surface area contributed by atoms with Crippen molar-refractivity contribution in [2.75, 3.05) is 0 Å². The van der Waals surface area contributed by atoms with Crippen molar-refractivity contribution in [3.8, 4) is 0 Å². The third-order valence-electron chi connectivity index (χ3n) is 1.42. The van der Waals surface area contributed by atoms with Gasteiger partial charge in [0.2, 0.25) is 5.39 Å². The maximum Gasteiger partial charge on any atom is 0.429 e. The Morgan fingerprint density at radius 2 is 2.27 bits per heavy atom. The van der Waals surface area contributed by atoms with Gasteiger partial charge in [-0.15, -0.1) is 0 Å². The Balaban J connectivity index is 2.32. The van der Waals surface area contributed by atoms with Gasteiger partial charge in [0.15, 0.2) is 4.98 Å².